The molecule has 28 heteroatoms. The van der Waals surface area contributed by atoms with Crippen molar-refractivity contribution in [2.45, 2.75) is 78.6 Å². The van der Waals surface area contributed by atoms with Crippen LogP contribution in [-0.4, -0.2) is 256 Å². The van der Waals surface area contributed by atoms with Crippen molar-refractivity contribution in [2.24, 2.45) is 5.92 Å². The number of imidazole rings is 2. The molecule has 0 bridgehead atoms. The van der Waals surface area contributed by atoms with Crippen LogP contribution in [0.2, 0.25) is 0 Å². The maximum atomic E-state index is 12.1. The zero-order valence-electron chi connectivity index (χ0n) is 55.5. The van der Waals surface area contributed by atoms with E-state index in [1.54, 1.807) is 6.92 Å². The summed E-state index contributed by atoms with van der Waals surface area (Å²) in [5.41, 5.74) is 20.0. The van der Waals surface area contributed by atoms with Gasteiger partial charge in [0.1, 0.15) is 45.4 Å². The van der Waals surface area contributed by atoms with Gasteiger partial charge in [0.25, 0.3) is 11.8 Å². The van der Waals surface area contributed by atoms with Crippen molar-refractivity contribution in [1.82, 2.24) is 60.1 Å². The van der Waals surface area contributed by atoms with Crippen molar-refractivity contribution in [2.75, 3.05) is 192 Å². The first-order chi connectivity index (χ1) is 46.3. The highest BCUT2D eigenvalue weighted by atomic mass is 16.5. The van der Waals surface area contributed by atoms with Gasteiger partial charge in [0, 0.05) is 151 Å². The Morgan fingerprint density at radius 2 is 0.937 bits per heavy atom. The van der Waals surface area contributed by atoms with Crippen LogP contribution in [0, 0.1) is 5.92 Å². The molecule has 10 rings (SSSR count). The number of aromatic amines is 2. The Morgan fingerprint density at radius 3 is 1.36 bits per heavy atom. The number of carbonyl (C=O) groups excluding carboxylic acids is 6. The summed E-state index contributed by atoms with van der Waals surface area (Å²) in [6, 6.07) is 12.7. The zero-order valence-corrected chi connectivity index (χ0v) is 55.5. The smallest absolute Gasteiger partial charge is 0.253 e. The molecule has 516 valence electrons. The summed E-state index contributed by atoms with van der Waals surface area (Å²) in [6.07, 6.45) is 9.54. The number of aryl methyl sites for hydroxylation is 2. The van der Waals surface area contributed by atoms with Gasteiger partial charge in [0.05, 0.1) is 103 Å². The van der Waals surface area contributed by atoms with Gasteiger partial charge in [-0.3, -0.25) is 48.4 Å². The van der Waals surface area contributed by atoms with Crippen molar-refractivity contribution in [1.29, 1.82) is 0 Å². The first-order valence-electron chi connectivity index (χ1n) is 33.7. The van der Waals surface area contributed by atoms with E-state index in [9.17, 15) is 28.8 Å². The molecule has 6 aromatic rings. The minimum absolute atomic E-state index is 0.0739. The summed E-state index contributed by atoms with van der Waals surface area (Å²) in [5, 5.41) is 7.69. The van der Waals surface area contributed by atoms with Gasteiger partial charge >= 0.3 is 0 Å². The average Bonchev–Trinajstić information content (AvgIpc) is 1.71. The molecule has 1 unspecified atom stereocenters. The van der Waals surface area contributed by atoms with Gasteiger partial charge in [-0.2, -0.15) is 0 Å². The Morgan fingerprint density at radius 1 is 0.526 bits per heavy atom. The lowest BCUT2D eigenvalue weighted by molar-refractivity contribution is -0.140. The van der Waals surface area contributed by atoms with E-state index in [0.717, 1.165) is 176 Å². The van der Waals surface area contributed by atoms with Crippen LogP contribution in [0.15, 0.2) is 48.6 Å². The number of nitrogen functional groups attached to an aromatic ring is 2. The van der Waals surface area contributed by atoms with E-state index in [1.807, 2.05) is 12.1 Å². The number of pyridine rings is 2. The van der Waals surface area contributed by atoms with E-state index in [4.69, 9.17) is 49.9 Å². The zero-order chi connectivity index (χ0) is 66.9. The number of benzene rings is 2. The van der Waals surface area contributed by atoms with Crippen LogP contribution in [0.25, 0.3) is 43.9 Å². The molecule has 3 saturated heterocycles. The van der Waals surface area contributed by atoms with Gasteiger partial charge in [-0.1, -0.05) is 33.6 Å². The molecule has 0 radical (unpaired) electrons. The number of piperazine rings is 2. The molecular weight excluding hydrogens is 1220 g/mol. The summed E-state index contributed by atoms with van der Waals surface area (Å²) in [5.74, 6) is 1.59. The number of amides is 6. The highest BCUT2D eigenvalue weighted by molar-refractivity contribution is 6.13. The van der Waals surface area contributed by atoms with Crippen molar-refractivity contribution in [3.05, 3.63) is 60.2 Å². The Bertz CT molecular complexity index is 3530. The third-order valence-electron chi connectivity index (χ3n) is 17.2. The summed E-state index contributed by atoms with van der Waals surface area (Å²) in [4.78, 5) is 108. The van der Waals surface area contributed by atoms with Gasteiger partial charge in [-0.05, 0) is 49.2 Å². The average molecular weight is 1320 g/mol. The van der Waals surface area contributed by atoms with E-state index in [2.05, 4.69) is 88.3 Å². The minimum Gasteiger partial charge on any atom is -0.382 e. The number of nitrogens with one attached hydrogen (secondary N) is 4. The van der Waals surface area contributed by atoms with Gasteiger partial charge in [0.15, 0.2) is 0 Å². The lowest BCUT2D eigenvalue weighted by Crippen LogP contribution is -2.47. The number of aromatic nitrogens is 6. The fourth-order valence-electron chi connectivity index (χ4n) is 11.7. The molecule has 8 N–H and O–H groups in total. The number of unbranched alkanes of at least 4 members (excludes halogenated alkanes) is 2. The quantitative estimate of drug-likeness (QED) is 0.0237. The number of rotatable bonds is 38. The number of H-pyrrole nitrogens is 2. The van der Waals surface area contributed by atoms with Crippen LogP contribution in [0.1, 0.15) is 77.4 Å². The van der Waals surface area contributed by atoms with Gasteiger partial charge in [-0.25, -0.2) is 19.9 Å². The number of likely N-dealkylation sites (tertiary alicyclic amines) is 1. The molecule has 4 aromatic heterocycles. The molecule has 8 heterocycles. The number of fused-ring (bicyclic) bond motifs is 6. The molecule has 4 aliphatic heterocycles. The Balaban J connectivity index is 0.000000223. The predicted octanol–water partition coefficient (Wildman–Crippen LogP) is 3.75. The molecular formula is C67H96N16O12. The Hall–Kier alpha value is -7.96. The maximum absolute atomic E-state index is 12.1. The number of hydrogen-bond acceptors (Lipinski definition) is 22. The topological polar surface area (TPSA) is 336 Å². The number of carbonyl (C=O) groups is 6. The predicted molar refractivity (Wildman–Crippen MR) is 363 cm³/mol. The molecule has 2 aromatic carbocycles. The number of hydrogen-bond donors (Lipinski definition) is 6. The molecule has 28 nitrogen and oxygen atoms in total. The molecule has 95 heavy (non-hydrogen) atoms. The van der Waals surface area contributed by atoms with Gasteiger partial charge in [0.2, 0.25) is 23.6 Å². The van der Waals surface area contributed by atoms with Crippen LogP contribution >= 0.6 is 0 Å². The lowest BCUT2D eigenvalue weighted by atomic mass is 10.1. The Kier molecular flexibility index (Phi) is 27.6. The summed E-state index contributed by atoms with van der Waals surface area (Å²) in [6.45, 7) is 21.0. The largest absolute Gasteiger partial charge is 0.382 e. The number of imide groups is 2. The monoisotopic (exact) mass is 1320 g/mol. The second-order valence-corrected chi connectivity index (χ2v) is 24.1. The lowest BCUT2D eigenvalue weighted by Gasteiger charge is -2.36. The second-order valence-electron chi connectivity index (χ2n) is 24.1. The number of nitrogens with zero attached hydrogens (tertiary/aromatic N) is 10. The van der Waals surface area contributed by atoms with E-state index in [1.165, 1.54) is 17.1 Å². The molecule has 4 aliphatic rings. The second kappa shape index (κ2) is 36.8. The van der Waals surface area contributed by atoms with Crippen molar-refractivity contribution >= 4 is 102 Å². The first kappa shape index (κ1) is 71.3. The first-order valence-corrected chi connectivity index (χ1v) is 33.7. The fourth-order valence-corrected chi connectivity index (χ4v) is 11.7. The van der Waals surface area contributed by atoms with Crippen molar-refractivity contribution in [3.8, 4) is 0 Å². The van der Waals surface area contributed by atoms with E-state index >= 15 is 0 Å². The minimum atomic E-state index is -0.318. The third kappa shape index (κ3) is 20.8. The maximum Gasteiger partial charge on any atom is 0.253 e. The number of ether oxygens (including phenoxy) is 6. The molecule has 3 fully saturated rings. The van der Waals surface area contributed by atoms with Crippen LogP contribution in [-0.2, 0) is 70.0 Å². The SMILES string of the molecule is CCCCc1nc2c([nH]1)c(N)nc1ccc(N3CCN(CCOCCC(=O)NCCOCCOCCN4C(=O)C=CC4=O)CC3)cc12.CCCCc1nc2c([nH]1)c(N)nc1ccc(N3CCN(CCOCCC(=O)NCCOCCOCCN4C(=O)CC(C)C4=O)CC3)cc12. The molecule has 0 aliphatic carbocycles. The van der Waals surface area contributed by atoms with Crippen LogP contribution in [0.5, 0.6) is 0 Å². The highest BCUT2D eigenvalue weighted by Gasteiger charge is 2.35. The Labute approximate surface area is 554 Å². The number of anilines is 4. The summed E-state index contributed by atoms with van der Waals surface area (Å²) in [7, 11) is 0. The molecule has 1 atom stereocenters. The normalized spacial score (nSPS) is 16.4. The van der Waals surface area contributed by atoms with Crippen molar-refractivity contribution < 1.29 is 57.2 Å². The third-order valence-corrected chi connectivity index (χ3v) is 17.2. The molecule has 0 spiro atoms. The van der Waals surface area contributed by atoms with Crippen LogP contribution < -0.4 is 31.9 Å². The fraction of sp³-hybridized carbons (Fsp3) is 0.582. The standard InChI is InChI=1S/C34H50N8O6.C33H46N8O6/c1-3-4-5-28-38-31-26-23-25(6-7-27(26)37-33(35)32(31)39-28)41-12-10-40(11-13-41)14-18-46-16-8-29(43)36-9-17-47-20-21-48-19-15-42-30(44)22-24(2)34(42)45;1-2-3-4-27-37-31-25-23-24(5-6-26(25)36-33(34)32(31)38-27)40-13-11-39(12-14-40)15-19-45-17-9-28(42)35-10-18-46-21-22-47-20-16-41-29(43)7-8-30(41)44/h6-7,23-24H,3-5,8-22H2,1-2H3,(H2,35,37)(H,36,43)(H,38,39);5-8,23H,2-4,9-22H2,1H3,(H2,34,36)(H,35,42)(H,37,38). The van der Waals surface area contributed by atoms with E-state index < -0.39 is 0 Å². The van der Waals surface area contributed by atoms with E-state index in [0.29, 0.717) is 104 Å². The summed E-state index contributed by atoms with van der Waals surface area (Å²) < 4.78 is 33.2. The van der Waals surface area contributed by atoms with E-state index in [-0.39, 0.29) is 74.1 Å². The molecule has 6 amide bonds. The summed E-state index contributed by atoms with van der Waals surface area (Å²) >= 11 is 0. The number of nitrogens with two attached hydrogens (primary N) is 2. The van der Waals surface area contributed by atoms with Gasteiger partial charge in [-0.15, -0.1) is 0 Å². The van der Waals surface area contributed by atoms with Crippen molar-refractivity contribution in [3.63, 3.8) is 0 Å². The van der Waals surface area contributed by atoms with Gasteiger partial charge < -0.3 is 70.3 Å². The van der Waals surface area contributed by atoms with Crippen LogP contribution in [0.4, 0.5) is 23.0 Å². The van der Waals surface area contributed by atoms with Crippen LogP contribution in [0.3, 0.4) is 0 Å². The highest BCUT2D eigenvalue weighted by Crippen LogP contribution is 2.32. The molecule has 0 saturated carbocycles.